The van der Waals surface area contributed by atoms with Crippen molar-refractivity contribution in [3.63, 3.8) is 0 Å². The minimum Gasteiger partial charge on any atom is -0.368 e. The fraction of sp³-hybridized carbons (Fsp3) is 0.692. The molecular weight excluding hydrogens is 228 g/mol. The second kappa shape index (κ2) is 6.11. The molecule has 0 atom stereocenters. The predicted octanol–water partition coefficient (Wildman–Crippen LogP) is 2.23. The van der Waals surface area contributed by atoms with E-state index in [1.165, 1.54) is 0 Å². The van der Waals surface area contributed by atoms with E-state index in [1.807, 2.05) is 26.8 Å². The molecule has 0 aromatic carbocycles. The third kappa shape index (κ3) is 3.92. The Labute approximate surface area is 109 Å². The number of nitrogens with two attached hydrogens (primary N) is 1. The van der Waals surface area contributed by atoms with Gasteiger partial charge in [-0.25, -0.2) is 15.8 Å². The normalized spacial score (nSPS) is 11.9. The van der Waals surface area contributed by atoms with Crippen molar-refractivity contribution in [2.75, 3.05) is 12.0 Å². The molecule has 0 radical (unpaired) electrons. The Bertz CT molecular complexity index is 391. The molecule has 0 saturated heterocycles. The van der Waals surface area contributed by atoms with Crippen LogP contribution < -0.4 is 11.3 Å². The Morgan fingerprint density at radius 2 is 2.06 bits per heavy atom. The standard InChI is InChI=1S/C13H24N4O/c1-6-18-13(4,5)12-15-10(7-9(2)3)8-11(16-12)17-14/h8-9H,6-7,14H2,1-5H3,(H,15,16,17). The first-order valence-electron chi connectivity index (χ1n) is 6.38. The molecule has 0 saturated carbocycles. The van der Waals surface area contributed by atoms with Crippen LogP contribution in [0.3, 0.4) is 0 Å². The zero-order chi connectivity index (χ0) is 13.8. The number of anilines is 1. The maximum absolute atomic E-state index is 5.68. The second-order valence-corrected chi connectivity index (χ2v) is 5.25. The third-order valence-corrected chi connectivity index (χ3v) is 2.59. The highest BCUT2D eigenvalue weighted by molar-refractivity contribution is 5.35. The first-order chi connectivity index (χ1) is 8.39. The number of ether oxygens (including phenoxy) is 1. The van der Waals surface area contributed by atoms with Gasteiger partial charge in [-0.2, -0.15) is 0 Å². The van der Waals surface area contributed by atoms with Gasteiger partial charge in [0.15, 0.2) is 5.82 Å². The predicted molar refractivity (Wildman–Crippen MR) is 73.0 cm³/mol. The first kappa shape index (κ1) is 14.9. The summed E-state index contributed by atoms with van der Waals surface area (Å²) in [4.78, 5) is 8.96. The highest BCUT2D eigenvalue weighted by Gasteiger charge is 2.25. The lowest BCUT2D eigenvalue weighted by Crippen LogP contribution is -2.26. The van der Waals surface area contributed by atoms with Gasteiger partial charge < -0.3 is 10.2 Å². The first-order valence-corrected chi connectivity index (χ1v) is 6.38. The number of nitrogens with zero attached hydrogens (tertiary/aromatic N) is 2. The summed E-state index contributed by atoms with van der Waals surface area (Å²) < 4.78 is 5.68. The van der Waals surface area contributed by atoms with Crippen LogP contribution in [0.4, 0.5) is 5.82 Å². The number of hydrogen-bond donors (Lipinski definition) is 2. The van der Waals surface area contributed by atoms with E-state index in [0.29, 0.717) is 24.2 Å². The van der Waals surface area contributed by atoms with Gasteiger partial charge in [-0.05, 0) is 33.1 Å². The van der Waals surface area contributed by atoms with Crippen LogP contribution in [-0.4, -0.2) is 16.6 Å². The van der Waals surface area contributed by atoms with E-state index < -0.39 is 5.60 Å². The number of rotatable bonds is 6. The number of nitrogens with one attached hydrogen (secondary N) is 1. The van der Waals surface area contributed by atoms with Crippen LogP contribution >= 0.6 is 0 Å². The van der Waals surface area contributed by atoms with Gasteiger partial charge in [0.2, 0.25) is 0 Å². The van der Waals surface area contributed by atoms with E-state index >= 15 is 0 Å². The van der Waals surface area contributed by atoms with Crippen molar-refractivity contribution >= 4 is 5.82 Å². The molecule has 1 heterocycles. The lowest BCUT2D eigenvalue weighted by Gasteiger charge is -2.24. The molecule has 1 aromatic rings. The molecule has 0 bridgehead atoms. The summed E-state index contributed by atoms with van der Waals surface area (Å²) in [5, 5.41) is 0. The van der Waals surface area contributed by atoms with Gasteiger partial charge in [0, 0.05) is 18.4 Å². The zero-order valence-corrected chi connectivity index (χ0v) is 11.9. The smallest absolute Gasteiger partial charge is 0.162 e. The summed E-state index contributed by atoms with van der Waals surface area (Å²) in [6, 6.07) is 1.88. The van der Waals surface area contributed by atoms with E-state index in [4.69, 9.17) is 10.6 Å². The maximum atomic E-state index is 5.68. The van der Waals surface area contributed by atoms with Crippen LogP contribution in [0.2, 0.25) is 0 Å². The summed E-state index contributed by atoms with van der Waals surface area (Å²) in [6.07, 6.45) is 0.895. The van der Waals surface area contributed by atoms with E-state index in [2.05, 4.69) is 29.2 Å². The van der Waals surface area contributed by atoms with Crippen LogP contribution in [0, 0.1) is 5.92 Å². The molecule has 102 valence electrons. The fourth-order valence-electron chi connectivity index (χ4n) is 1.79. The maximum Gasteiger partial charge on any atom is 0.162 e. The van der Waals surface area contributed by atoms with E-state index in [0.717, 1.165) is 12.1 Å². The Kier molecular flexibility index (Phi) is 5.04. The second-order valence-electron chi connectivity index (χ2n) is 5.25. The van der Waals surface area contributed by atoms with Crippen molar-refractivity contribution < 1.29 is 4.74 Å². The lowest BCUT2D eigenvalue weighted by molar-refractivity contribution is -0.0208. The van der Waals surface area contributed by atoms with E-state index in [1.54, 1.807) is 0 Å². The molecule has 5 heteroatoms. The molecule has 3 N–H and O–H groups in total. The van der Waals surface area contributed by atoms with Gasteiger partial charge in [0.05, 0.1) is 0 Å². The van der Waals surface area contributed by atoms with Gasteiger partial charge in [-0.1, -0.05) is 13.8 Å². The van der Waals surface area contributed by atoms with Crippen molar-refractivity contribution in [3.05, 3.63) is 17.6 Å². The SMILES string of the molecule is CCOC(C)(C)c1nc(CC(C)C)cc(NN)n1. The molecule has 0 fully saturated rings. The number of hydrogen-bond acceptors (Lipinski definition) is 5. The monoisotopic (exact) mass is 252 g/mol. The highest BCUT2D eigenvalue weighted by atomic mass is 16.5. The summed E-state index contributed by atoms with van der Waals surface area (Å²) in [6.45, 7) is 10.8. The minimum absolute atomic E-state index is 0.507. The lowest BCUT2D eigenvalue weighted by atomic mass is 10.1. The zero-order valence-electron chi connectivity index (χ0n) is 11.9. The van der Waals surface area contributed by atoms with Crippen LogP contribution in [0.25, 0.3) is 0 Å². The number of aromatic nitrogens is 2. The van der Waals surface area contributed by atoms with Gasteiger partial charge in [-0.15, -0.1) is 0 Å². The largest absolute Gasteiger partial charge is 0.368 e. The highest BCUT2D eigenvalue weighted by Crippen LogP contribution is 2.23. The molecule has 18 heavy (non-hydrogen) atoms. The summed E-state index contributed by atoms with van der Waals surface area (Å²) in [7, 11) is 0. The van der Waals surface area contributed by atoms with Crippen molar-refractivity contribution in [2.45, 2.75) is 46.6 Å². The summed E-state index contributed by atoms with van der Waals surface area (Å²) >= 11 is 0. The number of hydrazine groups is 1. The van der Waals surface area contributed by atoms with Crippen molar-refractivity contribution in [1.29, 1.82) is 0 Å². The molecule has 0 aliphatic rings. The van der Waals surface area contributed by atoms with Crippen LogP contribution in [-0.2, 0) is 16.8 Å². The van der Waals surface area contributed by atoms with Crippen LogP contribution in [0.1, 0.15) is 46.1 Å². The Hall–Kier alpha value is -1.20. The average Bonchev–Trinajstić information content (AvgIpc) is 2.27. The molecule has 1 rings (SSSR count). The van der Waals surface area contributed by atoms with Gasteiger partial charge in [0.1, 0.15) is 11.4 Å². The molecule has 0 spiro atoms. The fourth-order valence-corrected chi connectivity index (χ4v) is 1.79. The van der Waals surface area contributed by atoms with Gasteiger partial charge in [-0.3, -0.25) is 0 Å². The topological polar surface area (TPSA) is 73.1 Å². The van der Waals surface area contributed by atoms with Gasteiger partial charge >= 0.3 is 0 Å². The summed E-state index contributed by atoms with van der Waals surface area (Å²) in [5.74, 6) is 7.28. The van der Waals surface area contributed by atoms with Crippen LogP contribution in [0.15, 0.2) is 6.07 Å². The minimum atomic E-state index is -0.507. The Balaban J connectivity index is 3.11. The molecule has 0 aliphatic heterocycles. The third-order valence-electron chi connectivity index (χ3n) is 2.59. The number of nitrogen functional groups attached to an aromatic ring is 1. The van der Waals surface area contributed by atoms with E-state index in [9.17, 15) is 0 Å². The van der Waals surface area contributed by atoms with Crippen molar-refractivity contribution in [1.82, 2.24) is 9.97 Å². The molecular formula is C13H24N4O. The van der Waals surface area contributed by atoms with E-state index in [-0.39, 0.29) is 0 Å². The molecule has 5 nitrogen and oxygen atoms in total. The van der Waals surface area contributed by atoms with Gasteiger partial charge in [0.25, 0.3) is 0 Å². The quantitative estimate of drug-likeness (QED) is 0.600. The molecule has 1 aromatic heterocycles. The van der Waals surface area contributed by atoms with Crippen molar-refractivity contribution in [2.24, 2.45) is 11.8 Å². The summed E-state index contributed by atoms with van der Waals surface area (Å²) in [5.41, 5.74) is 3.06. The molecule has 0 aliphatic carbocycles. The molecule has 0 amide bonds. The molecule has 0 unspecified atom stereocenters. The Morgan fingerprint density at radius 1 is 1.39 bits per heavy atom. The average molecular weight is 252 g/mol. The van der Waals surface area contributed by atoms with Crippen molar-refractivity contribution in [3.8, 4) is 0 Å². The Morgan fingerprint density at radius 3 is 2.56 bits per heavy atom. The van der Waals surface area contributed by atoms with Crippen LogP contribution in [0.5, 0.6) is 0 Å².